The maximum atomic E-state index is 12.4. The van der Waals surface area contributed by atoms with E-state index in [0.717, 1.165) is 36.6 Å². The lowest BCUT2D eigenvalue weighted by Gasteiger charge is -2.39. The number of hydrogen-bond donors (Lipinski definition) is 0. The molecule has 0 heterocycles. The van der Waals surface area contributed by atoms with Crippen LogP contribution in [0.1, 0.15) is 50.7 Å². The molecule has 3 atom stereocenters. The third-order valence-corrected chi connectivity index (χ3v) is 7.63. The highest BCUT2D eigenvalue weighted by Crippen LogP contribution is 2.49. The van der Waals surface area contributed by atoms with Crippen molar-refractivity contribution in [3.05, 3.63) is 63.2 Å². The topological polar surface area (TPSA) is 26.3 Å². The maximum absolute atomic E-state index is 12.4. The van der Waals surface area contributed by atoms with Gasteiger partial charge in [-0.2, -0.15) is 0 Å². The summed E-state index contributed by atoms with van der Waals surface area (Å²) in [6, 6.07) is 8.71. The van der Waals surface area contributed by atoms with Gasteiger partial charge in [0, 0.05) is 10.4 Å². The fraction of sp³-hybridized carbons (Fsp3) is 0.458. The van der Waals surface area contributed by atoms with Crippen molar-refractivity contribution in [2.24, 2.45) is 17.8 Å². The largest absolute Gasteiger partial charge is 0.469 e. The average Bonchev–Trinajstić information content (AvgIpc) is 2.73. The number of carbonyl (C=O) groups excluding carboxylic acids is 1. The highest BCUT2D eigenvalue weighted by atomic mass is 79.9. The van der Waals surface area contributed by atoms with Crippen LogP contribution in [0.3, 0.4) is 0 Å². The fourth-order valence-corrected chi connectivity index (χ4v) is 5.74. The molecule has 28 heavy (non-hydrogen) atoms. The van der Waals surface area contributed by atoms with Crippen LogP contribution >= 0.6 is 31.9 Å². The Morgan fingerprint density at radius 1 is 1.21 bits per heavy atom. The zero-order chi connectivity index (χ0) is 20.3. The lowest BCUT2D eigenvalue weighted by Crippen LogP contribution is -2.34. The Morgan fingerprint density at radius 3 is 2.54 bits per heavy atom. The minimum Gasteiger partial charge on any atom is -0.469 e. The van der Waals surface area contributed by atoms with Gasteiger partial charge in [0.25, 0.3) is 0 Å². The van der Waals surface area contributed by atoms with Crippen LogP contribution in [0.25, 0.3) is 4.48 Å². The van der Waals surface area contributed by atoms with E-state index in [1.807, 2.05) is 0 Å². The quantitative estimate of drug-likeness (QED) is 0.311. The maximum Gasteiger partial charge on any atom is 0.309 e. The van der Waals surface area contributed by atoms with Gasteiger partial charge >= 0.3 is 5.97 Å². The van der Waals surface area contributed by atoms with Crippen LogP contribution in [0.2, 0.25) is 0 Å². The molecule has 0 spiro atoms. The van der Waals surface area contributed by atoms with E-state index < -0.39 is 0 Å². The number of methoxy groups -OCH3 is 1. The molecule has 4 heteroatoms. The average molecular weight is 508 g/mol. The van der Waals surface area contributed by atoms with Crippen LogP contribution in [-0.4, -0.2) is 13.1 Å². The molecule has 3 rings (SSSR count). The second-order valence-electron chi connectivity index (χ2n) is 7.61. The number of allylic oxidation sites excluding steroid dienone is 5. The molecule has 0 N–H and O–H groups in total. The van der Waals surface area contributed by atoms with Gasteiger partial charge in [0.1, 0.15) is 0 Å². The van der Waals surface area contributed by atoms with Gasteiger partial charge in [-0.3, -0.25) is 4.79 Å². The first-order chi connectivity index (χ1) is 13.5. The first-order valence-corrected chi connectivity index (χ1v) is 11.7. The van der Waals surface area contributed by atoms with Gasteiger partial charge in [0.15, 0.2) is 0 Å². The lowest BCUT2D eigenvalue weighted by atomic mass is 9.67. The van der Waals surface area contributed by atoms with Crippen molar-refractivity contribution in [3.63, 3.8) is 0 Å². The van der Waals surface area contributed by atoms with Crippen LogP contribution in [0.4, 0.5) is 0 Å². The van der Waals surface area contributed by atoms with Crippen LogP contribution in [0.5, 0.6) is 0 Å². The van der Waals surface area contributed by atoms with Gasteiger partial charge in [-0.25, -0.2) is 0 Å². The van der Waals surface area contributed by atoms with Gasteiger partial charge in [-0.05, 0) is 59.2 Å². The number of hydrogen-bond acceptors (Lipinski definition) is 2. The van der Waals surface area contributed by atoms with Gasteiger partial charge in [0.2, 0.25) is 0 Å². The lowest BCUT2D eigenvalue weighted by molar-refractivity contribution is -0.147. The van der Waals surface area contributed by atoms with Crippen LogP contribution in [0, 0.1) is 17.8 Å². The second-order valence-corrected chi connectivity index (χ2v) is 9.42. The number of ether oxygens (including phenoxy) is 1. The van der Waals surface area contributed by atoms with E-state index in [9.17, 15) is 4.79 Å². The van der Waals surface area contributed by atoms with Crippen molar-refractivity contribution in [1.29, 1.82) is 0 Å². The smallest absolute Gasteiger partial charge is 0.309 e. The molecule has 0 radical (unpaired) electrons. The number of fused-ring (bicyclic) bond motifs is 1. The molecule has 0 saturated heterocycles. The highest BCUT2D eigenvalue weighted by molar-refractivity contribution is 9.15. The Bertz CT molecular complexity index is 818. The Morgan fingerprint density at radius 2 is 1.93 bits per heavy atom. The molecule has 150 valence electrons. The first kappa shape index (κ1) is 21.6. The zero-order valence-corrected chi connectivity index (χ0v) is 20.0. The van der Waals surface area contributed by atoms with E-state index in [-0.39, 0.29) is 23.7 Å². The molecular formula is C24H28Br2O2. The van der Waals surface area contributed by atoms with Crippen molar-refractivity contribution in [3.8, 4) is 0 Å². The molecule has 2 nitrogen and oxygen atoms in total. The minimum absolute atomic E-state index is 0.0462. The molecule has 0 bridgehead atoms. The summed E-state index contributed by atoms with van der Waals surface area (Å²) < 4.78 is 7.48. The molecule has 2 aliphatic rings. The summed E-state index contributed by atoms with van der Waals surface area (Å²) in [7, 11) is 1.50. The van der Waals surface area contributed by atoms with Crippen molar-refractivity contribution in [2.45, 2.75) is 46.0 Å². The van der Waals surface area contributed by atoms with Crippen molar-refractivity contribution >= 4 is 42.3 Å². The summed E-state index contributed by atoms with van der Waals surface area (Å²) in [5, 5.41) is 0. The SMILES string of the molecule is CCC1=C[C@H](/C=C(/Br)c2ccc(CC)cc2)C2=C(Br)CC[C@@H](C(=O)OC)[C@H]2C1. The summed E-state index contributed by atoms with van der Waals surface area (Å²) in [4.78, 5) is 12.4. The van der Waals surface area contributed by atoms with Gasteiger partial charge in [-0.1, -0.05) is 87.7 Å². The van der Waals surface area contributed by atoms with Gasteiger partial charge in [-0.15, -0.1) is 0 Å². The predicted octanol–water partition coefficient (Wildman–Crippen LogP) is 7.19. The standard InChI is InChI=1S/C24H28Br2O2/c1-4-15-6-8-17(9-7-15)22(26)14-18-12-16(5-2)13-20-19(24(27)28-3)10-11-21(25)23(18)20/h6-9,12,14,18-20H,4-5,10-11,13H2,1-3H3/b22-14+/t18-,19-,20-/m1/s1. The number of rotatable bonds is 5. The fourth-order valence-electron chi connectivity index (χ4n) is 4.41. The summed E-state index contributed by atoms with van der Waals surface area (Å²) in [6.07, 6.45) is 9.44. The Balaban J connectivity index is 1.98. The van der Waals surface area contributed by atoms with Gasteiger partial charge < -0.3 is 4.74 Å². The molecule has 0 fully saturated rings. The van der Waals surface area contributed by atoms with Gasteiger partial charge in [0.05, 0.1) is 13.0 Å². The normalized spacial score (nSPS) is 25.2. The van der Waals surface area contributed by atoms with E-state index in [4.69, 9.17) is 4.74 Å². The van der Waals surface area contributed by atoms with E-state index in [2.05, 4.69) is 82.1 Å². The number of benzene rings is 1. The number of aryl methyl sites for hydroxylation is 1. The molecule has 1 aromatic rings. The molecule has 0 aliphatic heterocycles. The number of carbonyl (C=O) groups is 1. The minimum atomic E-state index is -0.0724. The third-order valence-electron chi connectivity index (χ3n) is 6.05. The van der Waals surface area contributed by atoms with E-state index in [1.165, 1.54) is 33.9 Å². The molecule has 0 amide bonds. The number of esters is 1. The molecule has 0 aromatic heterocycles. The molecular weight excluding hydrogens is 480 g/mol. The monoisotopic (exact) mass is 506 g/mol. The second kappa shape index (κ2) is 9.58. The Kier molecular flexibility index (Phi) is 7.38. The summed E-state index contributed by atoms with van der Waals surface area (Å²) in [5.74, 6) is 0.294. The van der Waals surface area contributed by atoms with Crippen LogP contribution in [-0.2, 0) is 16.0 Å². The number of halogens is 2. The Hall–Kier alpha value is -1.13. The van der Waals surface area contributed by atoms with Crippen LogP contribution < -0.4 is 0 Å². The molecule has 1 aromatic carbocycles. The van der Waals surface area contributed by atoms with E-state index >= 15 is 0 Å². The first-order valence-electron chi connectivity index (χ1n) is 10.1. The van der Waals surface area contributed by atoms with Crippen molar-refractivity contribution in [2.75, 3.05) is 7.11 Å². The summed E-state index contributed by atoms with van der Waals surface area (Å²) in [6.45, 7) is 4.37. The molecule has 0 unspecified atom stereocenters. The van der Waals surface area contributed by atoms with Crippen molar-refractivity contribution < 1.29 is 9.53 Å². The molecule has 2 aliphatic carbocycles. The van der Waals surface area contributed by atoms with Crippen molar-refractivity contribution in [1.82, 2.24) is 0 Å². The third kappa shape index (κ3) is 4.54. The molecule has 0 saturated carbocycles. The van der Waals surface area contributed by atoms with E-state index in [0.29, 0.717) is 0 Å². The summed E-state index contributed by atoms with van der Waals surface area (Å²) in [5.41, 5.74) is 5.30. The van der Waals surface area contributed by atoms with E-state index in [1.54, 1.807) is 0 Å². The predicted molar refractivity (Wildman–Crippen MR) is 123 cm³/mol. The highest BCUT2D eigenvalue weighted by Gasteiger charge is 2.40. The zero-order valence-electron chi connectivity index (χ0n) is 16.8. The summed E-state index contributed by atoms with van der Waals surface area (Å²) >= 11 is 7.64. The Labute approximate surface area is 185 Å². The van der Waals surface area contributed by atoms with Crippen LogP contribution in [0.15, 0.2) is 52.0 Å².